The number of hydrogen-bond acceptors (Lipinski definition) is 5. The number of amides is 1. The van der Waals surface area contributed by atoms with E-state index in [0.717, 1.165) is 4.47 Å². The van der Waals surface area contributed by atoms with E-state index in [2.05, 4.69) is 26.5 Å². The summed E-state index contributed by atoms with van der Waals surface area (Å²) < 4.78 is 11.4. The fourth-order valence-electron chi connectivity index (χ4n) is 1.82. The lowest BCUT2D eigenvalue weighted by molar-refractivity contribution is -0.118. The number of hydrazone groups is 1. The fourth-order valence-corrected chi connectivity index (χ4v) is 2.22. The third-order valence-corrected chi connectivity index (χ3v) is 3.38. The molecule has 0 bridgehead atoms. The molecule has 124 valence electrons. The van der Waals surface area contributed by atoms with E-state index in [0.29, 0.717) is 22.6 Å². The highest BCUT2D eigenvalue weighted by molar-refractivity contribution is 9.10. The monoisotopic (exact) mass is 390 g/mol. The summed E-state index contributed by atoms with van der Waals surface area (Å²) in [7, 11) is 1.47. The molecule has 6 nitrogen and oxygen atoms in total. The number of carbonyl (C=O) groups excluding carboxylic acids is 2. The Morgan fingerprint density at radius 2 is 1.96 bits per heavy atom. The molecule has 0 fully saturated rings. The molecule has 0 unspecified atom stereocenters. The zero-order valence-corrected chi connectivity index (χ0v) is 14.7. The van der Waals surface area contributed by atoms with Crippen molar-refractivity contribution in [2.45, 2.75) is 6.92 Å². The molecule has 0 aliphatic heterocycles. The van der Waals surface area contributed by atoms with Gasteiger partial charge in [0.15, 0.2) is 11.5 Å². The van der Waals surface area contributed by atoms with Gasteiger partial charge in [-0.05, 0) is 42.0 Å². The maximum Gasteiger partial charge on any atom is 0.343 e. The first kappa shape index (κ1) is 17.7. The van der Waals surface area contributed by atoms with Gasteiger partial charge in [-0.1, -0.05) is 22.0 Å². The van der Waals surface area contributed by atoms with Gasteiger partial charge in [0, 0.05) is 11.4 Å². The van der Waals surface area contributed by atoms with E-state index >= 15 is 0 Å². The van der Waals surface area contributed by atoms with Crippen LogP contribution in [0.3, 0.4) is 0 Å². The van der Waals surface area contributed by atoms with E-state index in [1.807, 2.05) is 6.07 Å². The average Bonchev–Trinajstić information content (AvgIpc) is 2.55. The standard InChI is InChI=1S/C17H15BrN2O4/c1-11(21)20-19-10-12-6-7-15(16(8-12)23-2)24-17(22)13-4-3-5-14(18)9-13/h3-10H,1-2H3,(H,20,21)/b19-10-. The number of halogens is 1. The van der Waals surface area contributed by atoms with Gasteiger partial charge in [-0.2, -0.15) is 5.10 Å². The fraction of sp³-hybridized carbons (Fsp3) is 0.118. The molecule has 0 saturated heterocycles. The van der Waals surface area contributed by atoms with E-state index in [-0.39, 0.29) is 5.91 Å². The maximum atomic E-state index is 12.2. The third-order valence-electron chi connectivity index (χ3n) is 2.89. The lowest BCUT2D eigenvalue weighted by atomic mass is 10.2. The zero-order valence-electron chi connectivity index (χ0n) is 13.1. The Balaban J connectivity index is 2.17. The number of esters is 1. The number of methoxy groups -OCH3 is 1. The lowest BCUT2D eigenvalue weighted by Crippen LogP contribution is -2.12. The van der Waals surface area contributed by atoms with Gasteiger partial charge in [-0.15, -0.1) is 0 Å². The summed E-state index contributed by atoms with van der Waals surface area (Å²) in [6.45, 7) is 1.36. The number of carbonyl (C=O) groups is 2. The first-order valence-corrected chi connectivity index (χ1v) is 7.74. The molecule has 0 radical (unpaired) electrons. The molecule has 0 aliphatic rings. The molecule has 0 atom stereocenters. The van der Waals surface area contributed by atoms with Crippen molar-refractivity contribution < 1.29 is 19.1 Å². The van der Waals surface area contributed by atoms with Gasteiger partial charge >= 0.3 is 5.97 Å². The topological polar surface area (TPSA) is 77.0 Å². The molecule has 0 saturated carbocycles. The van der Waals surface area contributed by atoms with Gasteiger partial charge in [0.1, 0.15) is 0 Å². The van der Waals surface area contributed by atoms with Crippen LogP contribution in [0, 0.1) is 0 Å². The summed E-state index contributed by atoms with van der Waals surface area (Å²) in [5, 5.41) is 3.77. The Kier molecular flexibility index (Phi) is 6.08. The predicted octanol–water partition coefficient (Wildman–Crippen LogP) is 3.15. The molecular weight excluding hydrogens is 376 g/mol. The van der Waals surface area contributed by atoms with Crippen LogP contribution in [0.1, 0.15) is 22.8 Å². The Hall–Kier alpha value is -2.67. The van der Waals surface area contributed by atoms with E-state index in [9.17, 15) is 9.59 Å². The molecular formula is C17H15BrN2O4. The second-order valence-electron chi connectivity index (χ2n) is 4.74. The first-order chi connectivity index (χ1) is 11.5. The van der Waals surface area contributed by atoms with Crippen LogP contribution in [0.2, 0.25) is 0 Å². The first-order valence-electron chi connectivity index (χ1n) is 6.95. The summed E-state index contributed by atoms with van der Waals surface area (Å²) in [6, 6.07) is 11.8. The van der Waals surface area contributed by atoms with Gasteiger partial charge < -0.3 is 9.47 Å². The number of ether oxygens (including phenoxy) is 2. The number of nitrogens with one attached hydrogen (secondary N) is 1. The molecule has 0 heterocycles. The van der Waals surface area contributed by atoms with Gasteiger partial charge in [0.05, 0.1) is 18.9 Å². The van der Waals surface area contributed by atoms with Gasteiger partial charge in [-0.3, -0.25) is 4.79 Å². The van der Waals surface area contributed by atoms with E-state index in [1.165, 1.54) is 20.2 Å². The van der Waals surface area contributed by atoms with Crippen molar-refractivity contribution in [2.24, 2.45) is 5.10 Å². The maximum absolute atomic E-state index is 12.2. The van der Waals surface area contributed by atoms with Crippen LogP contribution < -0.4 is 14.9 Å². The highest BCUT2D eigenvalue weighted by Gasteiger charge is 2.13. The van der Waals surface area contributed by atoms with Gasteiger partial charge in [0.2, 0.25) is 5.91 Å². The minimum absolute atomic E-state index is 0.266. The summed E-state index contributed by atoms with van der Waals surface area (Å²) in [5.41, 5.74) is 3.41. The molecule has 0 spiro atoms. The van der Waals surface area contributed by atoms with Crippen molar-refractivity contribution in [2.75, 3.05) is 7.11 Å². The van der Waals surface area contributed by atoms with Gasteiger partial charge in [0.25, 0.3) is 0 Å². The smallest absolute Gasteiger partial charge is 0.343 e. The summed E-state index contributed by atoms with van der Waals surface area (Å²) in [6.07, 6.45) is 1.46. The molecule has 0 aliphatic carbocycles. The highest BCUT2D eigenvalue weighted by atomic mass is 79.9. The van der Waals surface area contributed by atoms with Crippen LogP contribution in [-0.2, 0) is 4.79 Å². The Bertz CT molecular complexity index is 790. The minimum atomic E-state index is -0.491. The lowest BCUT2D eigenvalue weighted by Gasteiger charge is -2.10. The number of rotatable bonds is 5. The van der Waals surface area contributed by atoms with Crippen molar-refractivity contribution >= 4 is 34.0 Å². The third kappa shape index (κ3) is 4.92. The average molecular weight is 391 g/mol. The molecule has 1 N–H and O–H groups in total. The number of nitrogens with zero attached hydrogens (tertiary/aromatic N) is 1. The molecule has 7 heteroatoms. The molecule has 24 heavy (non-hydrogen) atoms. The summed E-state index contributed by atoms with van der Waals surface area (Å²) >= 11 is 3.31. The van der Waals surface area contributed by atoms with E-state index < -0.39 is 5.97 Å². The normalized spacial score (nSPS) is 10.5. The van der Waals surface area contributed by atoms with Crippen LogP contribution in [0.5, 0.6) is 11.5 Å². The van der Waals surface area contributed by atoms with Crippen LogP contribution in [-0.4, -0.2) is 25.2 Å². The van der Waals surface area contributed by atoms with Crippen LogP contribution in [0.25, 0.3) is 0 Å². The van der Waals surface area contributed by atoms with Crippen molar-refractivity contribution in [3.05, 3.63) is 58.1 Å². The SMILES string of the molecule is COc1cc(/C=N\NC(C)=O)ccc1OC(=O)c1cccc(Br)c1. The molecule has 2 aromatic rings. The second-order valence-corrected chi connectivity index (χ2v) is 5.65. The largest absolute Gasteiger partial charge is 0.493 e. The van der Waals surface area contributed by atoms with E-state index in [1.54, 1.807) is 36.4 Å². The van der Waals surface area contributed by atoms with Crippen LogP contribution in [0.15, 0.2) is 52.0 Å². The molecule has 1 amide bonds. The van der Waals surface area contributed by atoms with Crippen LogP contribution >= 0.6 is 15.9 Å². The van der Waals surface area contributed by atoms with Crippen molar-refractivity contribution in [3.8, 4) is 11.5 Å². The number of benzene rings is 2. The highest BCUT2D eigenvalue weighted by Crippen LogP contribution is 2.28. The zero-order chi connectivity index (χ0) is 17.5. The number of hydrogen-bond donors (Lipinski definition) is 1. The van der Waals surface area contributed by atoms with E-state index in [4.69, 9.17) is 9.47 Å². The van der Waals surface area contributed by atoms with Gasteiger partial charge in [-0.25, -0.2) is 10.2 Å². The van der Waals surface area contributed by atoms with Crippen LogP contribution in [0.4, 0.5) is 0 Å². The molecule has 2 rings (SSSR count). The van der Waals surface area contributed by atoms with Crippen molar-refractivity contribution in [1.29, 1.82) is 0 Å². The Morgan fingerprint density at radius 3 is 2.62 bits per heavy atom. The minimum Gasteiger partial charge on any atom is -0.493 e. The second kappa shape index (κ2) is 8.26. The summed E-state index contributed by atoms with van der Waals surface area (Å²) in [5.74, 6) is -0.0867. The Labute approximate surface area is 147 Å². The quantitative estimate of drug-likeness (QED) is 0.368. The summed E-state index contributed by atoms with van der Waals surface area (Å²) in [4.78, 5) is 23.0. The van der Waals surface area contributed by atoms with Crippen molar-refractivity contribution in [1.82, 2.24) is 5.43 Å². The Morgan fingerprint density at radius 1 is 1.17 bits per heavy atom. The predicted molar refractivity (Wildman–Crippen MR) is 93.5 cm³/mol. The molecule has 0 aromatic heterocycles. The van der Waals surface area contributed by atoms with Crippen molar-refractivity contribution in [3.63, 3.8) is 0 Å². The molecule has 2 aromatic carbocycles.